The molecule has 0 aliphatic rings. The summed E-state index contributed by atoms with van der Waals surface area (Å²) in [5.41, 5.74) is 0. The van der Waals surface area contributed by atoms with Gasteiger partial charge in [-0.3, -0.25) is 37.3 Å². The van der Waals surface area contributed by atoms with Gasteiger partial charge >= 0.3 is 39.5 Å². The van der Waals surface area contributed by atoms with Crippen LogP contribution >= 0.6 is 15.6 Å². The van der Waals surface area contributed by atoms with Gasteiger partial charge in [-0.2, -0.15) is 0 Å². The van der Waals surface area contributed by atoms with Crippen LogP contribution in [-0.4, -0.2) is 96.7 Å². The van der Waals surface area contributed by atoms with Gasteiger partial charge in [0.15, 0.2) is 12.2 Å². The number of esters is 4. The van der Waals surface area contributed by atoms with Gasteiger partial charge in [-0.25, -0.2) is 9.13 Å². The van der Waals surface area contributed by atoms with E-state index >= 15 is 0 Å². The van der Waals surface area contributed by atoms with E-state index in [0.29, 0.717) is 25.7 Å². The number of aliphatic hydroxyl groups excluding tert-OH is 1. The zero-order valence-corrected chi connectivity index (χ0v) is 66.4. The lowest BCUT2D eigenvalue weighted by Gasteiger charge is -2.21. The number of carbonyl (C=O) groups excluding carboxylic acids is 4. The molecular formula is C80H156O17P2. The second kappa shape index (κ2) is 73.0. The van der Waals surface area contributed by atoms with Crippen molar-refractivity contribution in [1.29, 1.82) is 0 Å². The van der Waals surface area contributed by atoms with E-state index in [9.17, 15) is 43.2 Å². The fourth-order valence-corrected chi connectivity index (χ4v) is 14.0. The van der Waals surface area contributed by atoms with Gasteiger partial charge in [0.25, 0.3) is 0 Å². The molecule has 19 heteroatoms. The van der Waals surface area contributed by atoms with Crippen molar-refractivity contribution in [3.8, 4) is 0 Å². The molecular weight excluding hydrogens is 1290 g/mol. The first-order valence-corrected chi connectivity index (χ1v) is 44.6. The molecule has 0 radical (unpaired) electrons. The summed E-state index contributed by atoms with van der Waals surface area (Å²) in [7, 11) is -9.91. The molecule has 17 nitrogen and oxygen atoms in total. The van der Waals surface area contributed by atoms with Gasteiger partial charge in [-0.1, -0.05) is 375 Å². The Labute approximate surface area is 607 Å². The molecule has 5 atom stereocenters. The Balaban J connectivity index is 5.22. The minimum Gasteiger partial charge on any atom is -0.462 e. The van der Waals surface area contributed by atoms with Crippen molar-refractivity contribution in [3.63, 3.8) is 0 Å². The quantitative estimate of drug-likeness (QED) is 0.0222. The summed E-state index contributed by atoms with van der Waals surface area (Å²) in [4.78, 5) is 72.9. The predicted molar refractivity (Wildman–Crippen MR) is 405 cm³/mol. The van der Waals surface area contributed by atoms with E-state index in [-0.39, 0.29) is 25.7 Å². The first-order chi connectivity index (χ1) is 48.0. The molecule has 0 saturated heterocycles. The lowest BCUT2D eigenvalue weighted by Crippen LogP contribution is -2.30. The fourth-order valence-electron chi connectivity index (χ4n) is 12.4. The summed E-state index contributed by atoms with van der Waals surface area (Å²) in [5.74, 6) is -1.34. The Morgan fingerprint density at radius 2 is 0.465 bits per heavy atom. The largest absolute Gasteiger partial charge is 0.472 e. The average molecular weight is 1450 g/mol. The second-order valence-electron chi connectivity index (χ2n) is 29.3. The highest BCUT2D eigenvalue weighted by molar-refractivity contribution is 7.47. The zero-order valence-electron chi connectivity index (χ0n) is 64.6. The fraction of sp³-hybridized carbons (Fsp3) is 0.950. The third-order valence-corrected chi connectivity index (χ3v) is 20.7. The predicted octanol–water partition coefficient (Wildman–Crippen LogP) is 24.0. The topological polar surface area (TPSA) is 237 Å². The maximum absolute atomic E-state index is 13.1. The lowest BCUT2D eigenvalue weighted by molar-refractivity contribution is -0.161. The number of carbonyl (C=O) groups is 4. The number of hydrogen-bond acceptors (Lipinski definition) is 15. The van der Waals surface area contributed by atoms with Crippen LogP contribution in [0.5, 0.6) is 0 Å². The molecule has 0 bridgehead atoms. The summed E-state index contributed by atoms with van der Waals surface area (Å²) in [6, 6.07) is 0. The third kappa shape index (κ3) is 74.1. The van der Waals surface area contributed by atoms with Gasteiger partial charge < -0.3 is 33.8 Å². The highest BCUT2D eigenvalue weighted by atomic mass is 31.2. The van der Waals surface area contributed by atoms with Crippen molar-refractivity contribution in [1.82, 2.24) is 0 Å². The summed E-state index contributed by atoms with van der Waals surface area (Å²) >= 11 is 0. The molecule has 0 spiro atoms. The van der Waals surface area contributed by atoms with Crippen LogP contribution in [0.15, 0.2) is 0 Å². The van der Waals surface area contributed by atoms with E-state index in [4.69, 9.17) is 37.0 Å². The van der Waals surface area contributed by atoms with Gasteiger partial charge in [0.1, 0.15) is 19.3 Å². The van der Waals surface area contributed by atoms with E-state index in [1.165, 1.54) is 250 Å². The van der Waals surface area contributed by atoms with Crippen molar-refractivity contribution in [2.24, 2.45) is 5.92 Å². The molecule has 0 aromatic rings. The Morgan fingerprint density at radius 3 is 0.687 bits per heavy atom. The smallest absolute Gasteiger partial charge is 0.462 e. The summed E-state index contributed by atoms with van der Waals surface area (Å²) in [6.45, 7) is 7.31. The Kier molecular flexibility index (Phi) is 71.6. The van der Waals surface area contributed by atoms with Crippen LogP contribution < -0.4 is 0 Å². The zero-order chi connectivity index (χ0) is 72.7. The Bertz CT molecular complexity index is 1890. The van der Waals surface area contributed by atoms with Crippen molar-refractivity contribution in [2.45, 2.75) is 445 Å². The third-order valence-electron chi connectivity index (χ3n) is 18.8. The normalized spacial score (nSPS) is 13.9. The first kappa shape index (κ1) is 97.1. The lowest BCUT2D eigenvalue weighted by atomic mass is 10.0. The number of phosphoric ester groups is 2. The number of aliphatic hydroxyl groups is 1. The van der Waals surface area contributed by atoms with Crippen molar-refractivity contribution in [2.75, 3.05) is 39.6 Å². The van der Waals surface area contributed by atoms with Gasteiger partial charge in [-0.05, 0) is 31.6 Å². The molecule has 0 fully saturated rings. The molecule has 0 amide bonds. The van der Waals surface area contributed by atoms with Crippen molar-refractivity contribution >= 4 is 39.5 Å². The minimum absolute atomic E-state index is 0.107. The molecule has 0 aromatic carbocycles. The maximum Gasteiger partial charge on any atom is 0.472 e. The molecule has 99 heavy (non-hydrogen) atoms. The van der Waals surface area contributed by atoms with Crippen molar-refractivity contribution < 1.29 is 80.2 Å². The number of unbranched alkanes of at least 4 members (excludes halogenated alkanes) is 52. The van der Waals surface area contributed by atoms with Crippen LogP contribution in [-0.2, 0) is 65.4 Å². The van der Waals surface area contributed by atoms with Crippen molar-refractivity contribution in [3.05, 3.63) is 0 Å². The molecule has 2 unspecified atom stereocenters. The molecule has 588 valence electrons. The summed E-state index contributed by atoms with van der Waals surface area (Å²) < 4.78 is 68.7. The van der Waals surface area contributed by atoms with E-state index in [1.807, 2.05) is 0 Å². The summed E-state index contributed by atoms with van der Waals surface area (Å²) in [6.07, 6.45) is 63.8. The SMILES string of the molecule is CCCCCCCCCCCCCCCCCCCCC(=O)OC[C@H](COP(=O)(O)OC[C@@H](O)COP(=O)(O)OC[C@@H](COC(=O)CCCCCCCCCCC)OC(=O)CCCCCCCCCCCCCC(C)C)OC(=O)CCCCCCCCCCCCCCCCCCCC. The second-order valence-corrected chi connectivity index (χ2v) is 32.2. The van der Waals surface area contributed by atoms with E-state index in [1.54, 1.807) is 0 Å². The van der Waals surface area contributed by atoms with Crippen LogP contribution in [0.3, 0.4) is 0 Å². The van der Waals surface area contributed by atoms with Crippen LogP contribution in [0.2, 0.25) is 0 Å². The van der Waals surface area contributed by atoms with Crippen LogP contribution in [0.25, 0.3) is 0 Å². The molecule has 0 aliphatic heterocycles. The van der Waals surface area contributed by atoms with E-state index in [0.717, 1.165) is 95.8 Å². The first-order valence-electron chi connectivity index (χ1n) is 41.6. The molecule has 0 aliphatic carbocycles. The molecule has 0 aromatic heterocycles. The van der Waals surface area contributed by atoms with Crippen LogP contribution in [0.1, 0.15) is 426 Å². The van der Waals surface area contributed by atoms with E-state index in [2.05, 4.69) is 34.6 Å². The van der Waals surface area contributed by atoms with E-state index < -0.39 is 97.5 Å². The molecule has 0 rings (SSSR count). The number of hydrogen-bond donors (Lipinski definition) is 3. The number of rotatable bonds is 80. The highest BCUT2D eigenvalue weighted by Crippen LogP contribution is 2.45. The summed E-state index contributed by atoms with van der Waals surface area (Å²) in [5, 5.41) is 10.6. The van der Waals surface area contributed by atoms with Gasteiger partial charge in [0, 0.05) is 25.7 Å². The Hall–Kier alpha value is -1.94. The van der Waals surface area contributed by atoms with Crippen LogP contribution in [0.4, 0.5) is 0 Å². The molecule has 3 N–H and O–H groups in total. The van der Waals surface area contributed by atoms with Gasteiger partial charge in [-0.15, -0.1) is 0 Å². The average Bonchev–Trinajstić information content (AvgIpc) is 1.29. The highest BCUT2D eigenvalue weighted by Gasteiger charge is 2.30. The Morgan fingerprint density at radius 1 is 0.273 bits per heavy atom. The minimum atomic E-state index is -4.96. The monoisotopic (exact) mass is 1450 g/mol. The molecule has 0 heterocycles. The standard InChI is InChI=1S/C80H156O17P2/c1-6-9-12-15-18-21-23-25-27-29-31-33-35-39-44-49-54-59-64-78(83)91-70-76(97-79(84)65-60-55-50-45-40-36-34-32-30-28-26-24-22-19-16-13-10-7-2)72-95-99(88,89)93-68-74(81)67-92-98(86,87)94-71-75(69-90-77(82)63-58-53-48-42-20-17-14-11-8-3)96-80(85)66-61-56-51-46-41-37-38-43-47-52-57-62-73(4)5/h73-76,81H,6-72H2,1-5H3,(H,86,87)(H,88,89)/t74-,75+,76+/m0/s1. The maximum atomic E-state index is 13.1. The molecule has 0 saturated carbocycles. The number of ether oxygens (including phenoxy) is 4. The number of phosphoric acid groups is 2. The van der Waals surface area contributed by atoms with Gasteiger partial charge in [0.2, 0.25) is 0 Å². The van der Waals surface area contributed by atoms with Gasteiger partial charge in [0.05, 0.1) is 26.4 Å². The van der Waals surface area contributed by atoms with Crippen LogP contribution in [0, 0.1) is 5.92 Å².